The van der Waals surface area contributed by atoms with Gasteiger partial charge < -0.3 is 15.4 Å². The standard InChI is InChI=1S/C18H16Cl2N2O4/c19-12-6-7-14(20)15(10-12)22-17(24)11-26-18(25)9-8-16(23)21-13-4-2-1-3-5-13/h1-7,10H,8-9,11H2,(H,21,23)(H,22,24). The van der Waals surface area contributed by atoms with Crippen LogP contribution in [0.2, 0.25) is 10.0 Å². The third-order valence-electron chi connectivity index (χ3n) is 3.18. The molecule has 2 rings (SSSR count). The molecular formula is C18H16Cl2N2O4. The molecule has 0 unspecified atom stereocenters. The van der Waals surface area contributed by atoms with Crippen LogP contribution in [0.5, 0.6) is 0 Å². The van der Waals surface area contributed by atoms with Gasteiger partial charge in [-0.3, -0.25) is 14.4 Å². The fraction of sp³-hybridized carbons (Fsp3) is 0.167. The van der Waals surface area contributed by atoms with Gasteiger partial charge in [0.1, 0.15) is 0 Å². The van der Waals surface area contributed by atoms with Gasteiger partial charge in [-0.1, -0.05) is 41.4 Å². The van der Waals surface area contributed by atoms with Gasteiger partial charge in [0.25, 0.3) is 5.91 Å². The second kappa shape index (κ2) is 9.79. The van der Waals surface area contributed by atoms with Crippen molar-refractivity contribution in [3.05, 3.63) is 58.6 Å². The van der Waals surface area contributed by atoms with E-state index in [0.717, 1.165) is 0 Å². The molecule has 0 saturated carbocycles. The number of hydrogen-bond acceptors (Lipinski definition) is 4. The van der Waals surface area contributed by atoms with Crippen molar-refractivity contribution < 1.29 is 19.1 Å². The fourth-order valence-electron chi connectivity index (χ4n) is 1.96. The number of halogens is 2. The molecule has 0 aliphatic rings. The highest BCUT2D eigenvalue weighted by atomic mass is 35.5. The lowest BCUT2D eigenvalue weighted by molar-refractivity contribution is -0.147. The van der Waals surface area contributed by atoms with Gasteiger partial charge in [-0.05, 0) is 30.3 Å². The largest absolute Gasteiger partial charge is 0.456 e. The molecule has 0 radical (unpaired) electrons. The lowest BCUT2D eigenvalue weighted by Crippen LogP contribution is -2.22. The first-order valence-corrected chi connectivity index (χ1v) is 8.45. The number of ether oxygens (including phenoxy) is 1. The Morgan fingerprint density at radius 1 is 0.885 bits per heavy atom. The van der Waals surface area contributed by atoms with Gasteiger partial charge in [0, 0.05) is 17.1 Å². The summed E-state index contributed by atoms with van der Waals surface area (Å²) in [5.41, 5.74) is 0.964. The molecule has 6 nitrogen and oxygen atoms in total. The number of hydrogen-bond donors (Lipinski definition) is 2. The van der Waals surface area contributed by atoms with Crippen molar-refractivity contribution in [2.24, 2.45) is 0 Å². The molecule has 8 heteroatoms. The number of anilines is 2. The van der Waals surface area contributed by atoms with E-state index < -0.39 is 18.5 Å². The zero-order chi connectivity index (χ0) is 18.9. The van der Waals surface area contributed by atoms with Crippen molar-refractivity contribution in [1.82, 2.24) is 0 Å². The summed E-state index contributed by atoms with van der Waals surface area (Å²) in [6.07, 6.45) is -0.181. The minimum atomic E-state index is -0.652. The molecule has 0 saturated heterocycles. The Labute approximate surface area is 160 Å². The minimum Gasteiger partial charge on any atom is -0.456 e. The number of amides is 2. The van der Waals surface area contributed by atoms with E-state index >= 15 is 0 Å². The van der Waals surface area contributed by atoms with Crippen LogP contribution in [0.1, 0.15) is 12.8 Å². The summed E-state index contributed by atoms with van der Waals surface area (Å²) in [5, 5.41) is 5.87. The normalized spacial score (nSPS) is 10.1. The average molecular weight is 395 g/mol. The quantitative estimate of drug-likeness (QED) is 0.697. The summed E-state index contributed by atoms with van der Waals surface area (Å²) in [5.74, 6) is -1.53. The Kier molecular flexibility index (Phi) is 7.44. The molecule has 26 heavy (non-hydrogen) atoms. The second-order valence-corrected chi connectivity index (χ2v) is 6.09. The number of para-hydroxylation sites is 1. The van der Waals surface area contributed by atoms with E-state index in [1.165, 1.54) is 12.1 Å². The van der Waals surface area contributed by atoms with Gasteiger partial charge in [-0.2, -0.15) is 0 Å². The Hall–Kier alpha value is -2.57. The lowest BCUT2D eigenvalue weighted by atomic mass is 10.2. The van der Waals surface area contributed by atoms with E-state index in [-0.39, 0.29) is 18.7 Å². The molecule has 136 valence electrons. The van der Waals surface area contributed by atoms with Gasteiger partial charge in [0.05, 0.1) is 17.1 Å². The average Bonchev–Trinajstić information content (AvgIpc) is 2.62. The van der Waals surface area contributed by atoms with E-state index in [2.05, 4.69) is 10.6 Å². The molecule has 2 N–H and O–H groups in total. The molecule has 0 fully saturated rings. The topological polar surface area (TPSA) is 84.5 Å². The van der Waals surface area contributed by atoms with Crippen molar-refractivity contribution >= 4 is 52.4 Å². The molecule has 0 heterocycles. The summed E-state index contributed by atoms with van der Waals surface area (Å²) in [4.78, 5) is 35.2. The monoisotopic (exact) mass is 394 g/mol. The molecule has 0 atom stereocenters. The van der Waals surface area contributed by atoms with Crippen molar-refractivity contribution in [2.75, 3.05) is 17.2 Å². The van der Waals surface area contributed by atoms with Crippen LogP contribution in [-0.4, -0.2) is 24.4 Å². The van der Waals surface area contributed by atoms with E-state index in [1.54, 1.807) is 30.3 Å². The minimum absolute atomic E-state index is 0.0462. The van der Waals surface area contributed by atoms with Crippen molar-refractivity contribution in [1.29, 1.82) is 0 Å². The Bertz CT molecular complexity index is 797. The molecule has 2 aromatic carbocycles. The number of rotatable bonds is 7. The van der Waals surface area contributed by atoms with E-state index in [9.17, 15) is 14.4 Å². The first-order chi connectivity index (χ1) is 12.4. The van der Waals surface area contributed by atoms with Crippen LogP contribution in [-0.2, 0) is 19.1 Å². The predicted octanol–water partition coefficient (Wildman–Crippen LogP) is 3.89. The maximum Gasteiger partial charge on any atom is 0.306 e. The predicted molar refractivity (Wildman–Crippen MR) is 100 cm³/mol. The molecule has 2 aromatic rings. The number of benzene rings is 2. The third kappa shape index (κ3) is 6.74. The van der Waals surface area contributed by atoms with Crippen LogP contribution in [0.25, 0.3) is 0 Å². The van der Waals surface area contributed by atoms with Gasteiger partial charge in [-0.25, -0.2) is 0 Å². The van der Waals surface area contributed by atoms with Crippen LogP contribution in [0.4, 0.5) is 11.4 Å². The highest BCUT2D eigenvalue weighted by Gasteiger charge is 2.12. The SMILES string of the molecule is O=C(CCC(=O)OCC(=O)Nc1cc(Cl)ccc1Cl)Nc1ccccc1. The number of esters is 1. The van der Waals surface area contributed by atoms with Crippen molar-refractivity contribution in [2.45, 2.75) is 12.8 Å². The van der Waals surface area contributed by atoms with Gasteiger partial charge in [0.2, 0.25) is 5.91 Å². The summed E-state index contributed by atoms with van der Waals surface area (Å²) in [7, 11) is 0. The first-order valence-electron chi connectivity index (χ1n) is 7.69. The van der Waals surface area contributed by atoms with Crippen LogP contribution < -0.4 is 10.6 Å². The van der Waals surface area contributed by atoms with Crippen LogP contribution in [0.3, 0.4) is 0 Å². The Morgan fingerprint density at radius 2 is 1.62 bits per heavy atom. The molecule has 2 amide bonds. The van der Waals surface area contributed by atoms with E-state index in [0.29, 0.717) is 21.4 Å². The molecular weight excluding hydrogens is 379 g/mol. The van der Waals surface area contributed by atoms with Gasteiger partial charge in [0.15, 0.2) is 6.61 Å². The smallest absolute Gasteiger partial charge is 0.306 e. The molecule has 0 spiro atoms. The Morgan fingerprint density at radius 3 is 2.35 bits per heavy atom. The summed E-state index contributed by atoms with van der Waals surface area (Å²) < 4.78 is 4.84. The molecule has 0 bridgehead atoms. The van der Waals surface area contributed by atoms with Gasteiger partial charge in [-0.15, -0.1) is 0 Å². The summed E-state index contributed by atoms with van der Waals surface area (Å²) in [6.45, 7) is -0.484. The highest BCUT2D eigenvalue weighted by molar-refractivity contribution is 6.35. The summed E-state index contributed by atoms with van der Waals surface area (Å²) in [6, 6.07) is 13.5. The molecule has 0 aliphatic heterocycles. The van der Waals surface area contributed by atoms with Crippen molar-refractivity contribution in [3.8, 4) is 0 Å². The second-order valence-electron chi connectivity index (χ2n) is 5.25. The number of nitrogens with one attached hydrogen (secondary N) is 2. The van der Waals surface area contributed by atoms with Crippen molar-refractivity contribution in [3.63, 3.8) is 0 Å². The van der Waals surface area contributed by atoms with Crippen LogP contribution in [0, 0.1) is 0 Å². The maximum absolute atomic E-state index is 11.8. The highest BCUT2D eigenvalue weighted by Crippen LogP contribution is 2.25. The number of carbonyl (C=O) groups excluding carboxylic acids is 3. The fourth-order valence-corrected chi connectivity index (χ4v) is 2.30. The van der Waals surface area contributed by atoms with Crippen LogP contribution in [0.15, 0.2) is 48.5 Å². The number of carbonyl (C=O) groups is 3. The van der Waals surface area contributed by atoms with Crippen LogP contribution >= 0.6 is 23.2 Å². The maximum atomic E-state index is 11.8. The third-order valence-corrected chi connectivity index (χ3v) is 3.75. The Balaban J connectivity index is 1.70. The lowest BCUT2D eigenvalue weighted by Gasteiger charge is -2.08. The first kappa shape index (κ1) is 19.8. The zero-order valence-corrected chi connectivity index (χ0v) is 15.1. The van der Waals surface area contributed by atoms with E-state index in [4.69, 9.17) is 27.9 Å². The van der Waals surface area contributed by atoms with Gasteiger partial charge >= 0.3 is 5.97 Å². The molecule has 0 aromatic heterocycles. The van der Waals surface area contributed by atoms with E-state index in [1.807, 2.05) is 6.07 Å². The molecule has 0 aliphatic carbocycles. The summed E-state index contributed by atoms with van der Waals surface area (Å²) >= 11 is 11.8. The zero-order valence-electron chi connectivity index (χ0n) is 13.6.